The third kappa shape index (κ3) is 2.79. The van der Waals surface area contributed by atoms with Gasteiger partial charge < -0.3 is 15.7 Å². The first-order valence-corrected chi connectivity index (χ1v) is 6.42. The smallest absolute Gasteiger partial charge is 0.0460 e. The van der Waals surface area contributed by atoms with Gasteiger partial charge in [-0.1, -0.05) is 18.2 Å². The van der Waals surface area contributed by atoms with Crippen LogP contribution in [0.5, 0.6) is 0 Å². The maximum atomic E-state index is 9.15. The first-order valence-electron chi connectivity index (χ1n) is 6.42. The maximum Gasteiger partial charge on any atom is 0.0460 e. The van der Waals surface area contributed by atoms with Crippen molar-refractivity contribution in [3.05, 3.63) is 29.8 Å². The molecule has 3 N–H and O–H groups in total. The number of hydrogen-bond acceptors (Lipinski definition) is 3. The average Bonchev–Trinajstić information content (AvgIpc) is 2.39. The molecule has 1 aliphatic rings. The van der Waals surface area contributed by atoms with Crippen molar-refractivity contribution in [2.24, 2.45) is 11.7 Å². The molecule has 1 heterocycles. The van der Waals surface area contributed by atoms with Crippen LogP contribution in [0, 0.1) is 5.92 Å². The highest BCUT2D eigenvalue weighted by molar-refractivity contribution is 5.55. The summed E-state index contributed by atoms with van der Waals surface area (Å²) in [5.74, 6) is 0.480. The lowest BCUT2D eigenvalue weighted by atomic mass is 9.96. The van der Waals surface area contributed by atoms with Gasteiger partial charge in [0.1, 0.15) is 0 Å². The highest BCUT2D eigenvalue weighted by Crippen LogP contribution is 2.28. The van der Waals surface area contributed by atoms with E-state index in [2.05, 4.69) is 23.1 Å². The van der Waals surface area contributed by atoms with Gasteiger partial charge in [-0.05, 0) is 37.3 Å². The van der Waals surface area contributed by atoms with Gasteiger partial charge in [0.2, 0.25) is 0 Å². The Morgan fingerprint density at radius 2 is 2.00 bits per heavy atom. The van der Waals surface area contributed by atoms with Gasteiger partial charge in [0.15, 0.2) is 0 Å². The van der Waals surface area contributed by atoms with Crippen LogP contribution in [0.4, 0.5) is 5.69 Å². The second-order valence-corrected chi connectivity index (χ2v) is 4.96. The van der Waals surface area contributed by atoms with Crippen LogP contribution in [0.25, 0.3) is 0 Å². The Bertz CT molecular complexity index is 357. The Labute approximate surface area is 103 Å². The zero-order chi connectivity index (χ0) is 12.3. The van der Waals surface area contributed by atoms with E-state index in [9.17, 15) is 0 Å². The summed E-state index contributed by atoms with van der Waals surface area (Å²) in [6.07, 6.45) is 2.15. The van der Waals surface area contributed by atoms with Crippen molar-refractivity contribution in [2.75, 3.05) is 24.6 Å². The number of rotatable bonds is 3. The predicted octanol–water partition coefficient (Wildman–Crippen LogP) is 1.92. The van der Waals surface area contributed by atoms with Gasteiger partial charge in [-0.25, -0.2) is 0 Å². The van der Waals surface area contributed by atoms with E-state index in [4.69, 9.17) is 10.8 Å². The Balaban J connectivity index is 2.13. The van der Waals surface area contributed by atoms with E-state index >= 15 is 0 Å². The number of nitrogens with zero attached hydrogens (tertiary/aromatic N) is 1. The lowest BCUT2D eigenvalue weighted by molar-refractivity contribution is 0.203. The molecule has 1 atom stereocenters. The summed E-state index contributed by atoms with van der Waals surface area (Å²) >= 11 is 0. The normalized spacial score (nSPS) is 19.4. The second kappa shape index (κ2) is 5.52. The molecule has 0 aromatic heterocycles. The Morgan fingerprint density at radius 1 is 1.35 bits per heavy atom. The molecule has 3 nitrogen and oxygen atoms in total. The van der Waals surface area contributed by atoms with Gasteiger partial charge in [-0.15, -0.1) is 0 Å². The number of nitrogens with two attached hydrogens (primary N) is 1. The zero-order valence-electron chi connectivity index (χ0n) is 10.5. The molecule has 2 rings (SSSR count). The van der Waals surface area contributed by atoms with Crippen molar-refractivity contribution in [3.8, 4) is 0 Å². The number of benzene rings is 1. The van der Waals surface area contributed by atoms with Crippen LogP contribution in [0.2, 0.25) is 0 Å². The van der Waals surface area contributed by atoms with Crippen LogP contribution in [0.1, 0.15) is 31.4 Å². The molecular weight excluding hydrogens is 212 g/mol. The number of para-hydroxylation sites is 1. The molecular formula is C14H22N2O. The van der Waals surface area contributed by atoms with Crippen molar-refractivity contribution >= 4 is 5.69 Å². The minimum atomic E-state index is 0.0711. The van der Waals surface area contributed by atoms with Crippen molar-refractivity contribution in [1.29, 1.82) is 0 Å². The molecule has 1 saturated heterocycles. The highest BCUT2D eigenvalue weighted by atomic mass is 16.3. The number of aliphatic hydroxyl groups is 1. The second-order valence-electron chi connectivity index (χ2n) is 4.96. The highest BCUT2D eigenvalue weighted by Gasteiger charge is 2.20. The van der Waals surface area contributed by atoms with E-state index in [1.54, 1.807) is 0 Å². The lowest BCUT2D eigenvalue weighted by Crippen LogP contribution is -2.35. The molecule has 0 aliphatic carbocycles. The quantitative estimate of drug-likeness (QED) is 0.840. The van der Waals surface area contributed by atoms with Crippen LogP contribution >= 0.6 is 0 Å². The molecule has 0 bridgehead atoms. The Hall–Kier alpha value is -1.06. The Kier molecular flexibility index (Phi) is 4.02. The largest absolute Gasteiger partial charge is 0.396 e. The zero-order valence-corrected chi connectivity index (χ0v) is 10.5. The minimum absolute atomic E-state index is 0.0711. The summed E-state index contributed by atoms with van der Waals surface area (Å²) in [6, 6.07) is 8.44. The fourth-order valence-electron chi connectivity index (χ4n) is 2.52. The number of piperidine rings is 1. The van der Waals surface area contributed by atoms with Crippen molar-refractivity contribution < 1.29 is 5.11 Å². The van der Waals surface area contributed by atoms with Gasteiger partial charge in [-0.2, -0.15) is 0 Å². The van der Waals surface area contributed by atoms with Crippen LogP contribution < -0.4 is 10.6 Å². The van der Waals surface area contributed by atoms with Gasteiger partial charge in [-0.3, -0.25) is 0 Å². The molecule has 0 saturated carbocycles. The van der Waals surface area contributed by atoms with Crippen LogP contribution in [0.3, 0.4) is 0 Å². The van der Waals surface area contributed by atoms with Gasteiger partial charge in [0, 0.05) is 31.4 Å². The van der Waals surface area contributed by atoms with E-state index in [1.807, 2.05) is 13.0 Å². The van der Waals surface area contributed by atoms with Crippen molar-refractivity contribution in [3.63, 3.8) is 0 Å². The maximum absolute atomic E-state index is 9.15. The molecule has 17 heavy (non-hydrogen) atoms. The van der Waals surface area contributed by atoms with E-state index in [-0.39, 0.29) is 6.04 Å². The van der Waals surface area contributed by atoms with Crippen molar-refractivity contribution in [2.45, 2.75) is 25.8 Å². The molecule has 1 fully saturated rings. The molecule has 1 aliphatic heterocycles. The van der Waals surface area contributed by atoms with Crippen LogP contribution in [0.15, 0.2) is 24.3 Å². The van der Waals surface area contributed by atoms with E-state index in [1.165, 1.54) is 11.3 Å². The summed E-state index contributed by atoms with van der Waals surface area (Å²) in [4.78, 5) is 2.39. The summed E-state index contributed by atoms with van der Waals surface area (Å²) in [7, 11) is 0. The molecule has 1 aromatic carbocycles. The molecule has 94 valence electrons. The van der Waals surface area contributed by atoms with Gasteiger partial charge in [0.25, 0.3) is 0 Å². The topological polar surface area (TPSA) is 49.5 Å². The van der Waals surface area contributed by atoms with Crippen LogP contribution in [-0.2, 0) is 0 Å². The molecule has 3 heteroatoms. The fourth-order valence-corrected chi connectivity index (χ4v) is 2.52. The number of hydrogen-bond donors (Lipinski definition) is 2. The predicted molar refractivity (Wildman–Crippen MR) is 71.1 cm³/mol. The standard InChI is InChI=1S/C14H22N2O/c1-11(15)13-4-2-3-5-14(13)16-8-6-12(10-17)7-9-16/h2-5,11-12,17H,6-10,15H2,1H3. The minimum Gasteiger partial charge on any atom is -0.396 e. The Morgan fingerprint density at radius 3 is 2.59 bits per heavy atom. The van der Waals surface area contributed by atoms with Gasteiger partial charge >= 0.3 is 0 Å². The summed E-state index contributed by atoms with van der Waals surface area (Å²) in [5.41, 5.74) is 8.49. The molecule has 1 aromatic rings. The van der Waals surface area contributed by atoms with Gasteiger partial charge in [0.05, 0.1) is 0 Å². The molecule has 0 radical (unpaired) electrons. The van der Waals surface area contributed by atoms with E-state index < -0.39 is 0 Å². The van der Waals surface area contributed by atoms with Crippen LogP contribution in [-0.4, -0.2) is 24.8 Å². The fraction of sp³-hybridized carbons (Fsp3) is 0.571. The summed E-state index contributed by atoms with van der Waals surface area (Å²) in [5, 5.41) is 9.15. The monoisotopic (exact) mass is 234 g/mol. The lowest BCUT2D eigenvalue weighted by Gasteiger charge is -2.34. The average molecular weight is 234 g/mol. The molecule has 1 unspecified atom stereocenters. The third-order valence-corrected chi connectivity index (χ3v) is 3.64. The SMILES string of the molecule is CC(N)c1ccccc1N1CCC(CO)CC1. The first kappa shape index (κ1) is 12.4. The van der Waals surface area contributed by atoms with E-state index in [0.717, 1.165) is 25.9 Å². The molecule has 0 amide bonds. The van der Waals surface area contributed by atoms with E-state index in [0.29, 0.717) is 12.5 Å². The van der Waals surface area contributed by atoms with Crippen molar-refractivity contribution in [1.82, 2.24) is 0 Å². The number of aliphatic hydroxyl groups excluding tert-OH is 1. The third-order valence-electron chi connectivity index (χ3n) is 3.64. The first-order chi connectivity index (χ1) is 8.22. The number of anilines is 1. The summed E-state index contributed by atoms with van der Waals surface area (Å²) in [6.45, 7) is 4.39. The summed E-state index contributed by atoms with van der Waals surface area (Å²) < 4.78 is 0. The molecule has 0 spiro atoms.